The van der Waals surface area contributed by atoms with Crippen molar-refractivity contribution in [1.82, 2.24) is 10.3 Å². The van der Waals surface area contributed by atoms with E-state index in [9.17, 15) is 4.79 Å². The molecular formula is C25H22Cl2N4O. The van der Waals surface area contributed by atoms with E-state index in [-0.39, 0.29) is 5.91 Å². The fourth-order valence-electron chi connectivity index (χ4n) is 3.41. The lowest BCUT2D eigenvalue weighted by Gasteiger charge is -2.14. The van der Waals surface area contributed by atoms with Gasteiger partial charge in [0.25, 0.3) is 5.91 Å². The molecule has 3 aromatic carbocycles. The van der Waals surface area contributed by atoms with Gasteiger partial charge in [0.2, 0.25) is 5.96 Å². The number of carbonyl (C=O) groups is 1. The van der Waals surface area contributed by atoms with Crippen molar-refractivity contribution in [1.29, 1.82) is 0 Å². The molecule has 0 atom stereocenters. The summed E-state index contributed by atoms with van der Waals surface area (Å²) in [6, 6.07) is 20.6. The van der Waals surface area contributed by atoms with E-state index in [0.717, 1.165) is 16.8 Å². The number of aromatic nitrogens is 1. The van der Waals surface area contributed by atoms with Crippen LogP contribution in [-0.4, -0.2) is 23.4 Å². The van der Waals surface area contributed by atoms with Crippen molar-refractivity contribution in [2.75, 3.05) is 11.9 Å². The van der Waals surface area contributed by atoms with E-state index in [1.807, 2.05) is 43.5 Å². The maximum absolute atomic E-state index is 12.8. The third kappa shape index (κ3) is 5.13. The zero-order chi connectivity index (χ0) is 22.5. The predicted octanol–water partition coefficient (Wildman–Crippen LogP) is 6.22. The van der Waals surface area contributed by atoms with Crippen LogP contribution in [-0.2, 0) is 6.42 Å². The van der Waals surface area contributed by atoms with Gasteiger partial charge in [0.05, 0.1) is 10.6 Å². The van der Waals surface area contributed by atoms with Crippen LogP contribution in [0.4, 0.5) is 5.69 Å². The summed E-state index contributed by atoms with van der Waals surface area (Å²) in [6.45, 7) is 2.44. The second kappa shape index (κ2) is 9.90. The third-order valence-electron chi connectivity index (χ3n) is 5.13. The molecule has 0 saturated carbocycles. The maximum atomic E-state index is 12.8. The normalized spacial score (nSPS) is 11.5. The number of carbonyl (C=O) groups excluding carboxylic acids is 1. The SMILES string of the molecule is Cc1ccc(Cl)cc1NC(=NCCc1c[nH]c2ccccc12)NC(=O)c1ccccc1Cl. The van der Waals surface area contributed by atoms with Crippen LogP contribution in [0.2, 0.25) is 10.0 Å². The molecule has 0 aliphatic heterocycles. The summed E-state index contributed by atoms with van der Waals surface area (Å²) in [5.41, 5.74) is 4.38. The van der Waals surface area contributed by atoms with Crippen LogP contribution in [0.25, 0.3) is 10.9 Å². The summed E-state index contributed by atoms with van der Waals surface area (Å²) >= 11 is 12.4. The summed E-state index contributed by atoms with van der Waals surface area (Å²) in [7, 11) is 0. The van der Waals surface area contributed by atoms with Crippen molar-refractivity contribution in [3.05, 3.63) is 99.7 Å². The summed E-state index contributed by atoms with van der Waals surface area (Å²) in [4.78, 5) is 20.8. The van der Waals surface area contributed by atoms with Gasteiger partial charge >= 0.3 is 0 Å². The van der Waals surface area contributed by atoms with Crippen LogP contribution in [0.3, 0.4) is 0 Å². The molecule has 0 fully saturated rings. The van der Waals surface area contributed by atoms with Crippen LogP contribution >= 0.6 is 23.2 Å². The maximum Gasteiger partial charge on any atom is 0.259 e. The van der Waals surface area contributed by atoms with Crippen molar-refractivity contribution < 1.29 is 4.79 Å². The highest BCUT2D eigenvalue weighted by Crippen LogP contribution is 2.21. The van der Waals surface area contributed by atoms with Crippen molar-refractivity contribution in [3.8, 4) is 0 Å². The minimum absolute atomic E-state index is 0.333. The molecule has 0 bridgehead atoms. The van der Waals surface area contributed by atoms with Crippen molar-refractivity contribution >= 4 is 51.7 Å². The number of fused-ring (bicyclic) bond motifs is 1. The Balaban J connectivity index is 1.56. The molecule has 162 valence electrons. The Morgan fingerprint density at radius 2 is 1.81 bits per heavy atom. The van der Waals surface area contributed by atoms with Gasteiger partial charge in [-0.1, -0.05) is 59.6 Å². The molecule has 1 amide bonds. The Morgan fingerprint density at radius 3 is 2.66 bits per heavy atom. The molecule has 32 heavy (non-hydrogen) atoms. The molecular weight excluding hydrogens is 443 g/mol. The number of halogens is 2. The van der Waals surface area contributed by atoms with Gasteiger partial charge < -0.3 is 10.3 Å². The topological polar surface area (TPSA) is 69.3 Å². The first-order chi connectivity index (χ1) is 15.5. The molecule has 3 N–H and O–H groups in total. The van der Waals surface area contributed by atoms with E-state index in [1.165, 1.54) is 10.9 Å². The summed E-state index contributed by atoms with van der Waals surface area (Å²) < 4.78 is 0. The highest BCUT2D eigenvalue weighted by Gasteiger charge is 2.13. The van der Waals surface area contributed by atoms with Gasteiger partial charge in [-0.25, -0.2) is 0 Å². The van der Waals surface area contributed by atoms with Gasteiger partial charge in [0, 0.05) is 34.4 Å². The number of para-hydroxylation sites is 1. The highest BCUT2D eigenvalue weighted by atomic mass is 35.5. The van der Waals surface area contributed by atoms with E-state index in [2.05, 4.69) is 26.7 Å². The lowest BCUT2D eigenvalue weighted by Crippen LogP contribution is -2.36. The zero-order valence-electron chi connectivity index (χ0n) is 17.5. The first-order valence-electron chi connectivity index (χ1n) is 10.2. The van der Waals surface area contributed by atoms with Gasteiger partial charge in [-0.05, 0) is 54.8 Å². The average molecular weight is 465 g/mol. The second-order valence-corrected chi connectivity index (χ2v) is 8.20. The van der Waals surface area contributed by atoms with Crippen LogP contribution in [0.1, 0.15) is 21.5 Å². The van der Waals surface area contributed by atoms with Gasteiger partial charge in [0.1, 0.15) is 0 Å². The number of aromatic amines is 1. The smallest absolute Gasteiger partial charge is 0.259 e. The van der Waals surface area contributed by atoms with Crippen LogP contribution < -0.4 is 10.6 Å². The van der Waals surface area contributed by atoms with E-state index >= 15 is 0 Å². The number of hydrogen-bond donors (Lipinski definition) is 3. The Hall–Kier alpha value is -3.28. The Kier molecular flexibility index (Phi) is 6.78. The molecule has 4 rings (SSSR count). The van der Waals surface area contributed by atoms with Crippen molar-refractivity contribution in [3.63, 3.8) is 0 Å². The molecule has 0 unspecified atom stereocenters. The van der Waals surface area contributed by atoms with Gasteiger partial charge in [-0.15, -0.1) is 0 Å². The summed E-state index contributed by atoms with van der Waals surface area (Å²) in [5, 5.41) is 8.20. The second-order valence-electron chi connectivity index (χ2n) is 7.36. The number of nitrogens with zero attached hydrogens (tertiary/aromatic N) is 1. The largest absolute Gasteiger partial charge is 0.361 e. The van der Waals surface area contributed by atoms with E-state index in [1.54, 1.807) is 30.3 Å². The van der Waals surface area contributed by atoms with Gasteiger partial charge in [-0.3, -0.25) is 15.1 Å². The summed E-state index contributed by atoms with van der Waals surface area (Å²) in [5.74, 6) is -0.00578. The molecule has 4 aromatic rings. The number of amides is 1. The molecule has 0 saturated heterocycles. The van der Waals surface area contributed by atoms with Crippen LogP contribution in [0.5, 0.6) is 0 Å². The lowest BCUT2D eigenvalue weighted by molar-refractivity contribution is 0.0977. The standard InChI is InChI=1S/C25H22Cl2N4O/c1-16-10-11-18(26)14-23(16)30-25(31-24(32)20-7-2-4-8-21(20)27)28-13-12-17-15-29-22-9-5-3-6-19(17)22/h2-11,14-15,29H,12-13H2,1H3,(H2,28,30,31,32). The molecule has 1 aromatic heterocycles. The number of guanidine groups is 1. The number of aliphatic imine (C=N–C) groups is 1. The minimum atomic E-state index is -0.339. The number of hydrogen-bond acceptors (Lipinski definition) is 2. The fraction of sp³-hybridized carbons (Fsp3) is 0.120. The Labute approximate surface area is 196 Å². The zero-order valence-corrected chi connectivity index (χ0v) is 19.0. The Morgan fingerprint density at radius 1 is 1.03 bits per heavy atom. The lowest BCUT2D eigenvalue weighted by atomic mass is 10.1. The molecule has 7 heteroatoms. The van der Waals surface area contributed by atoms with Gasteiger partial charge in [0.15, 0.2) is 0 Å². The number of rotatable bonds is 5. The van der Waals surface area contributed by atoms with E-state index < -0.39 is 0 Å². The van der Waals surface area contributed by atoms with Gasteiger partial charge in [-0.2, -0.15) is 0 Å². The monoisotopic (exact) mass is 464 g/mol. The number of benzene rings is 3. The number of anilines is 1. The third-order valence-corrected chi connectivity index (χ3v) is 5.69. The van der Waals surface area contributed by atoms with E-state index in [4.69, 9.17) is 23.2 Å². The molecule has 0 radical (unpaired) electrons. The first-order valence-corrected chi connectivity index (χ1v) is 11.0. The molecule has 0 spiro atoms. The predicted molar refractivity (Wildman–Crippen MR) is 133 cm³/mol. The minimum Gasteiger partial charge on any atom is -0.361 e. The van der Waals surface area contributed by atoms with E-state index in [0.29, 0.717) is 34.5 Å². The molecule has 5 nitrogen and oxygen atoms in total. The number of aryl methyl sites for hydroxylation is 1. The van der Waals surface area contributed by atoms with Crippen molar-refractivity contribution in [2.24, 2.45) is 4.99 Å². The molecule has 0 aliphatic carbocycles. The first kappa shape index (κ1) is 21.9. The molecule has 1 heterocycles. The number of H-pyrrole nitrogens is 1. The fourth-order valence-corrected chi connectivity index (χ4v) is 3.81. The molecule has 0 aliphatic rings. The summed E-state index contributed by atoms with van der Waals surface area (Å²) in [6.07, 6.45) is 2.71. The quantitative estimate of drug-likeness (QED) is 0.242. The number of nitrogens with one attached hydrogen (secondary N) is 3. The highest BCUT2D eigenvalue weighted by molar-refractivity contribution is 6.34. The van der Waals surface area contributed by atoms with Crippen LogP contribution in [0, 0.1) is 6.92 Å². The van der Waals surface area contributed by atoms with Crippen molar-refractivity contribution in [2.45, 2.75) is 13.3 Å². The van der Waals surface area contributed by atoms with Crippen LogP contribution in [0.15, 0.2) is 77.9 Å². The average Bonchev–Trinajstić information content (AvgIpc) is 3.19. The Bertz CT molecular complexity index is 1300.